The lowest BCUT2D eigenvalue weighted by atomic mass is 9.73. The van der Waals surface area contributed by atoms with Crippen LogP contribution in [0, 0.1) is 11.3 Å². The number of rotatable bonds is 4. The third-order valence-corrected chi connectivity index (χ3v) is 9.52. The average Bonchev–Trinajstić information content (AvgIpc) is 3.39. The molecule has 0 aromatic carbocycles. The van der Waals surface area contributed by atoms with Crippen LogP contribution in [-0.4, -0.2) is 69.6 Å². The Hall–Kier alpha value is -2.14. The molecule has 3 fully saturated rings. The highest BCUT2D eigenvalue weighted by Gasteiger charge is 2.46. The molecule has 0 bridgehead atoms. The lowest BCUT2D eigenvalue weighted by Gasteiger charge is -2.43. The van der Waals surface area contributed by atoms with Crippen molar-refractivity contribution in [2.24, 2.45) is 17.1 Å². The highest BCUT2D eigenvalue weighted by atomic mass is 32.2. The van der Waals surface area contributed by atoms with Crippen molar-refractivity contribution >= 4 is 23.4 Å². The second-order valence-electron chi connectivity index (χ2n) is 10.6. The lowest BCUT2D eigenvalue weighted by molar-refractivity contribution is 0.185. The van der Waals surface area contributed by atoms with Gasteiger partial charge in [-0.1, -0.05) is 18.7 Å². The van der Waals surface area contributed by atoms with Crippen molar-refractivity contribution < 1.29 is 14.9 Å². The van der Waals surface area contributed by atoms with Gasteiger partial charge in [0.05, 0.1) is 29.8 Å². The smallest absolute Gasteiger partial charge is 0.175 e. The molecule has 6 rings (SSSR count). The zero-order valence-corrected chi connectivity index (χ0v) is 21.0. The van der Waals surface area contributed by atoms with Crippen molar-refractivity contribution in [3.63, 3.8) is 0 Å². The fraction of sp³-hybridized carbons (Fsp3) is 0.640. The van der Waals surface area contributed by atoms with Gasteiger partial charge in [0.15, 0.2) is 17.4 Å². The molecule has 0 amide bonds. The van der Waals surface area contributed by atoms with Crippen LogP contribution in [0.25, 0.3) is 0 Å². The van der Waals surface area contributed by atoms with E-state index in [9.17, 15) is 10.2 Å². The molecule has 3 aliphatic heterocycles. The van der Waals surface area contributed by atoms with Gasteiger partial charge >= 0.3 is 0 Å². The van der Waals surface area contributed by atoms with Gasteiger partial charge in [-0.25, -0.2) is 15.0 Å². The van der Waals surface area contributed by atoms with Gasteiger partial charge in [-0.2, -0.15) is 0 Å². The van der Waals surface area contributed by atoms with Crippen LogP contribution in [0.5, 0.6) is 5.75 Å². The van der Waals surface area contributed by atoms with Crippen LogP contribution in [0.1, 0.15) is 44.7 Å². The Morgan fingerprint density at radius 2 is 2.06 bits per heavy atom. The van der Waals surface area contributed by atoms with E-state index in [0.717, 1.165) is 48.2 Å². The van der Waals surface area contributed by atoms with Gasteiger partial charge in [-0.05, 0) is 49.5 Å². The summed E-state index contributed by atoms with van der Waals surface area (Å²) in [5, 5.41) is 20.9. The number of aromatic nitrogens is 3. The van der Waals surface area contributed by atoms with Gasteiger partial charge < -0.3 is 30.5 Å². The first-order valence-corrected chi connectivity index (χ1v) is 13.5. The summed E-state index contributed by atoms with van der Waals surface area (Å²) in [7, 11) is 0. The van der Waals surface area contributed by atoms with Gasteiger partial charge in [0.25, 0.3) is 0 Å². The van der Waals surface area contributed by atoms with E-state index in [-0.39, 0.29) is 30.2 Å². The van der Waals surface area contributed by atoms with E-state index in [1.807, 2.05) is 6.07 Å². The van der Waals surface area contributed by atoms with E-state index in [0.29, 0.717) is 36.2 Å². The Morgan fingerprint density at radius 1 is 1.23 bits per heavy atom. The minimum absolute atomic E-state index is 0.160. The maximum Gasteiger partial charge on any atom is 0.175 e. The number of aliphatic hydroxyl groups is 2. The summed E-state index contributed by atoms with van der Waals surface area (Å²) in [6.45, 7) is 5.01. The van der Waals surface area contributed by atoms with Crippen LogP contribution in [0.3, 0.4) is 0 Å². The molecule has 35 heavy (non-hydrogen) atoms. The molecule has 2 aromatic rings. The van der Waals surface area contributed by atoms with Gasteiger partial charge in [0.1, 0.15) is 17.3 Å². The predicted molar refractivity (Wildman–Crippen MR) is 134 cm³/mol. The third-order valence-electron chi connectivity index (χ3n) is 8.58. The Balaban J connectivity index is 1.19. The Bertz CT molecular complexity index is 1090. The maximum absolute atomic E-state index is 10.1. The summed E-state index contributed by atoms with van der Waals surface area (Å²) in [5.41, 5.74) is 7.44. The summed E-state index contributed by atoms with van der Waals surface area (Å²) >= 11 is 1.46. The van der Waals surface area contributed by atoms with Crippen molar-refractivity contribution in [1.29, 1.82) is 0 Å². The van der Waals surface area contributed by atoms with E-state index in [4.69, 9.17) is 20.4 Å². The number of aliphatic hydroxyl groups excluding tert-OH is 2. The summed E-state index contributed by atoms with van der Waals surface area (Å²) in [4.78, 5) is 19.3. The fourth-order valence-corrected chi connectivity index (χ4v) is 7.33. The number of anilines is 2. The van der Waals surface area contributed by atoms with Crippen LogP contribution in [-0.2, 0) is 6.61 Å². The third kappa shape index (κ3) is 4.04. The quantitative estimate of drug-likeness (QED) is 0.578. The number of nitrogens with zero attached hydrogens (tertiary/aromatic N) is 5. The van der Waals surface area contributed by atoms with Crippen LogP contribution >= 0.6 is 11.8 Å². The minimum atomic E-state index is -0.351. The van der Waals surface area contributed by atoms with Crippen molar-refractivity contribution in [3.05, 3.63) is 24.2 Å². The second kappa shape index (κ2) is 9.06. The van der Waals surface area contributed by atoms with Crippen molar-refractivity contribution in [3.8, 4) is 5.75 Å². The summed E-state index contributed by atoms with van der Waals surface area (Å²) in [6.07, 6.45) is 8.46. The van der Waals surface area contributed by atoms with Gasteiger partial charge in [0, 0.05) is 31.9 Å². The number of pyridine rings is 1. The summed E-state index contributed by atoms with van der Waals surface area (Å²) in [5.74, 6) is 2.86. The first kappa shape index (κ1) is 23.3. The molecule has 0 radical (unpaired) electrons. The largest absolute Gasteiger partial charge is 0.486 e. The molecule has 4 N–H and O–H groups in total. The average molecular weight is 499 g/mol. The SMILES string of the molecule is C[C@@H]1CCC2(CCN(c3ncc(Sc4ccnc5c4OCC4C[C@@H](O)CN54)nc3CO)CC2)[C@@H]1N. The predicted octanol–water partition coefficient (Wildman–Crippen LogP) is 2.19. The number of hydrogen-bond acceptors (Lipinski definition) is 10. The monoisotopic (exact) mass is 498 g/mol. The van der Waals surface area contributed by atoms with E-state index in [1.165, 1.54) is 24.6 Å². The van der Waals surface area contributed by atoms with Gasteiger partial charge in [-0.3, -0.25) is 0 Å². The maximum atomic E-state index is 10.1. The molecular formula is C25H34N6O3S. The number of ether oxygens (including phenoxy) is 1. The number of hydrogen-bond donors (Lipinski definition) is 3. The lowest BCUT2D eigenvalue weighted by Crippen LogP contribution is -2.48. The molecule has 10 heteroatoms. The molecule has 1 unspecified atom stereocenters. The van der Waals surface area contributed by atoms with Crippen LogP contribution < -0.4 is 20.3 Å². The molecular weight excluding hydrogens is 464 g/mol. The Labute approximate surface area is 210 Å². The normalized spacial score (nSPS) is 29.3. The van der Waals surface area contributed by atoms with E-state index in [2.05, 4.69) is 21.7 Å². The van der Waals surface area contributed by atoms with Gasteiger partial charge in [-0.15, -0.1) is 0 Å². The van der Waals surface area contributed by atoms with Crippen LogP contribution in [0.15, 0.2) is 28.4 Å². The summed E-state index contributed by atoms with van der Waals surface area (Å²) < 4.78 is 6.07. The highest BCUT2D eigenvalue weighted by molar-refractivity contribution is 7.99. The molecule has 2 saturated heterocycles. The van der Waals surface area contributed by atoms with Crippen molar-refractivity contribution in [1.82, 2.24) is 15.0 Å². The molecule has 5 heterocycles. The molecule has 1 saturated carbocycles. The zero-order chi connectivity index (χ0) is 24.2. The molecule has 1 aliphatic carbocycles. The van der Waals surface area contributed by atoms with E-state index < -0.39 is 0 Å². The second-order valence-corrected chi connectivity index (χ2v) is 11.7. The Morgan fingerprint density at radius 3 is 2.80 bits per heavy atom. The highest BCUT2D eigenvalue weighted by Crippen LogP contribution is 2.49. The fourth-order valence-electron chi connectivity index (χ4n) is 6.48. The first-order valence-electron chi connectivity index (χ1n) is 12.7. The molecule has 1 spiro atoms. The van der Waals surface area contributed by atoms with Crippen molar-refractivity contribution in [2.75, 3.05) is 36.0 Å². The number of piperidine rings is 1. The van der Waals surface area contributed by atoms with E-state index >= 15 is 0 Å². The zero-order valence-electron chi connectivity index (χ0n) is 20.1. The van der Waals surface area contributed by atoms with Gasteiger partial charge in [0.2, 0.25) is 0 Å². The topological polar surface area (TPSA) is 121 Å². The van der Waals surface area contributed by atoms with Crippen LogP contribution in [0.4, 0.5) is 11.6 Å². The molecule has 4 aliphatic rings. The first-order chi connectivity index (χ1) is 17.0. The number of nitrogens with two attached hydrogens (primary N) is 1. The van der Waals surface area contributed by atoms with E-state index in [1.54, 1.807) is 12.4 Å². The van der Waals surface area contributed by atoms with Crippen molar-refractivity contribution in [2.45, 2.75) is 73.7 Å². The number of fused-ring (bicyclic) bond motifs is 3. The summed E-state index contributed by atoms with van der Waals surface area (Å²) in [6, 6.07) is 2.36. The Kier molecular flexibility index (Phi) is 6.03. The molecule has 4 atom stereocenters. The molecule has 2 aromatic heterocycles. The molecule has 9 nitrogen and oxygen atoms in total. The molecule has 188 valence electrons. The standard InChI is InChI=1S/C25H34N6O3S/c1-15-2-4-25(22(15)26)5-8-30(9-6-25)23-18(13-32)29-20(11-28-23)35-19-3-7-27-24-21(19)34-14-16-10-17(33)12-31(16)24/h3,7,11,15-17,22,32-33H,2,4-6,8-10,12-14,26H2,1H3/t15-,16?,17-,22-/m1/s1. The minimum Gasteiger partial charge on any atom is -0.486 e. The van der Waals surface area contributed by atoms with Crippen LogP contribution in [0.2, 0.25) is 0 Å².